The maximum absolute atomic E-state index is 11.6. The monoisotopic (exact) mass is 254 g/mol. The Hall–Kier alpha value is -2.56. The van der Waals surface area contributed by atoms with Crippen LogP contribution in [0.2, 0.25) is 0 Å². The van der Waals surface area contributed by atoms with Crippen molar-refractivity contribution in [2.24, 2.45) is 0 Å². The number of carbonyl (C=O) groups is 1. The van der Waals surface area contributed by atoms with Gasteiger partial charge in [0.2, 0.25) is 5.91 Å². The van der Waals surface area contributed by atoms with Gasteiger partial charge in [0, 0.05) is 24.2 Å². The average Bonchev–Trinajstić information content (AvgIpc) is 2.44. The van der Waals surface area contributed by atoms with Gasteiger partial charge < -0.3 is 5.32 Å². The molecule has 0 unspecified atom stereocenters. The van der Waals surface area contributed by atoms with E-state index in [1.54, 1.807) is 18.5 Å². The first-order chi connectivity index (χ1) is 9.24. The van der Waals surface area contributed by atoms with Crippen LogP contribution < -0.4 is 5.32 Å². The molecule has 0 spiro atoms. The van der Waals surface area contributed by atoms with Crippen LogP contribution in [0, 0.1) is 6.92 Å². The molecule has 0 aliphatic carbocycles. The second kappa shape index (κ2) is 6.39. The standard InChI is InChI=1S/C14H14N4O/c1-11-7-13(18-10-17-11)9-16-14(19)5-4-12-3-2-6-15-8-12/h2-8,10H,9H2,1H3,(H,16,19)/b5-4+. The largest absolute Gasteiger partial charge is 0.347 e. The molecule has 2 aromatic rings. The second-order valence-electron chi connectivity index (χ2n) is 3.99. The first kappa shape index (κ1) is 12.9. The fourth-order valence-electron chi connectivity index (χ4n) is 1.49. The van der Waals surface area contributed by atoms with Crippen molar-refractivity contribution in [3.8, 4) is 0 Å². The summed E-state index contributed by atoms with van der Waals surface area (Å²) in [5, 5.41) is 2.76. The molecule has 0 bridgehead atoms. The van der Waals surface area contributed by atoms with Crippen LogP contribution in [0.15, 0.2) is 43.0 Å². The second-order valence-corrected chi connectivity index (χ2v) is 3.99. The van der Waals surface area contributed by atoms with Gasteiger partial charge >= 0.3 is 0 Å². The summed E-state index contributed by atoms with van der Waals surface area (Å²) in [6.45, 7) is 2.27. The highest BCUT2D eigenvalue weighted by Gasteiger charge is 1.98. The van der Waals surface area contributed by atoms with Gasteiger partial charge in [-0.2, -0.15) is 0 Å². The van der Waals surface area contributed by atoms with Crippen LogP contribution in [0.5, 0.6) is 0 Å². The van der Waals surface area contributed by atoms with E-state index in [1.807, 2.05) is 25.1 Å². The third-order valence-corrected chi connectivity index (χ3v) is 2.42. The molecular weight excluding hydrogens is 240 g/mol. The van der Waals surface area contributed by atoms with E-state index in [-0.39, 0.29) is 5.91 Å². The molecule has 19 heavy (non-hydrogen) atoms. The molecule has 2 rings (SSSR count). The maximum Gasteiger partial charge on any atom is 0.244 e. The number of aromatic nitrogens is 3. The Morgan fingerprint density at radius 3 is 3.05 bits per heavy atom. The fourth-order valence-corrected chi connectivity index (χ4v) is 1.49. The van der Waals surface area contributed by atoms with Gasteiger partial charge in [0.25, 0.3) is 0 Å². The van der Waals surface area contributed by atoms with E-state index in [0.717, 1.165) is 17.0 Å². The van der Waals surface area contributed by atoms with E-state index in [4.69, 9.17) is 0 Å². The number of carbonyl (C=O) groups excluding carboxylic acids is 1. The zero-order chi connectivity index (χ0) is 13.5. The minimum atomic E-state index is -0.167. The number of nitrogens with zero attached hydrogens (tertiary/aromatic N) is 3. The molecule has 5 heteroatoms. The minimum absolute atomic E-state index is 0.167. The van der Waals surface area contributed by atoms with Gasteiger partial charge in [-0.25, -0.2) is 9.97 Å². The van der Waals surface area contributed by atoms with Gasteiger partial charge in [-0.1, -0.05) is 6.07 Å². The molecule has 2 heterocycles. The first-order valence-electron chi connectivity index (χ1n) is 5.87. The van der Waals surface area contributed by atoms with E-state index in [1.165, 1.54) is 12.4 Å². The van der Waals surface area contributed by atoms with Gasteiger partial charge in [0.1, 0.15) is 6.33 Å². The Morgan fingerprint density at radius 1 is 1.42 bits per heavy atom. The summed E-state index contributed by atoms with van der Waals surface area (Å²) in [4.78, 5) is 23.6. The number of hydrogen-bond donors (Lipinski definition) is 1. The predicted molar refractivity (Wildman–Crippen MR) is 71.9 cm³/mol. The zero-order valence-electron chi connectivity index (χ0n) is 10.6. The zero-order valence-corrected chi connectivity index (χ0v) is 10.6. The maximum atomic E-state index is 11.6. The predicted octanol–water partition coefficient (Wildman–Crippen LogP) is 1.51. The lowest BCUT2D eigenvalue weighted by atomic mass is 10.2. The van der Waals surface area contributed by atoms with Crippen molar-refractivity contribution in [2.45, 2.75) is 13.5 Å². The van der Waals surface area contributed by atoms with Crippen molar-refractivity contribution < 1.29 is 4.79 Å². The minimum Gasteiger partial charge on any atom is -0.347 e. The van der Waals surface area contributed by atoms with Crippen molar-refractivity contribution in [3.05, 3.63) is 59.9 Å². The molecule has 0 saturated heterocycles. The number of nitrogens with one attached hydrogen (secondary N) is 1. The molecular formula is C14H14N4O. The lowest BCUT2D eigenvalue weighted by Gasteiger charge is -2.02. The molecule has 0 atom stereocenters. The summed E-state index contributed by atoms with van der Waals surface area (Å²) >= 11 is 0. The van der Waals surface area contributed by atoms with E-state index in [0.29, 0.717) is 6.54 Å². The molecule has 0 fully saturated rings. The molecule has 0 radical (unpaired) electrons. The van der Waals surface area contributed by atoms with Crippen LogP contribution in [0.25, 0.3) is 6.08 Å². The third-order valence-electron chi connectivity index (χ3n) is 2.42. The molecule has 96 valence electrons. The molecule has 0 aliphatic rings. The number of amides is 1. The molecule has 1 N–H and O–H groups in total. The molecule has 0 saturated carbocycles. The average molecular weight is 254 g/mol. The summed E-state index contributed by atoms with van der Waals surface area (Å²) in [6.07, 6.45) is 8.06. The molecule has 5 nitrogen and oxygen atoms in total. The van der Waals surface area contributed by atoms with Crippen LogP contribution in [0.3, 0.4) is 0 Å². The van der Waals surface area contributed by atoms with Gasteiger partial charge in [-0.15, -0.1) is 0 Å². The number of pyridine rings is 1. The first-order valence-corrected chi connectivity index (χ1v) is 5.87. The van der Waals surface area contributed by atoms with Crippen molar-refractivity contribution in [1.82, 2.24) is 20.3 Å². The summed E-state index contributed by atoms with van der Waals surface area (Å²) in [7, 11) is 0. The van der Waals surface area contributed by atoms with Crippen LogP contribution in [0.1, 0.15) is 17.0 Å². The van der Waals surface area contributed by atoms with Crippen molar-refractivity contribution in [2.75, 3.05) is 0 Å². The summed E-state index contributed by atoms with van der Waals surface area (Å²) in [6, 6.07) is 5.54. The Morgan fingerprint density at radius 2 is 2.32 bits per heavy atom. The van der Waals surface area contributed by atoms with E-state index in [9.17, 15) is 4.79 Å². The van der Waals surface area contributed by atoms with Crippen LogP contribution in [-0.2, 0) is 11.3 Å². The lowest BCUT2D eigenvalue weighted by Crippen LogP contribution is -2.21. The molecule has 0 aromatic carbocycles. The third kappa shape index (κ3) is 4.31. The van der Waals surface area contributed by atoms with Crippen molar-refractivity contribution >= 4 is 12.0 Å². The Kier molecular flexibility index (Phi) is 4.34. The van der Waals surface area contributed by atoms with Gasteiger partial charge in [-0.05, 0) is 30.7 Å². The van der Waals surface area contributed by atoms with E-state index in [2.05, 4.69) is 20.3 Å². The summed E-state index contributed by atoms with van der Waals surface area (Å²) in [5.41, 5.74) is 2.55. The summed E-state index contributed by atoms with van der Waals surface area (Å²) < 4.78 is 0. The molecule has 1 amide bonds. The van der Waals surface area contributed by atoms with E-state index < -0.39 is 0 Å². The molecule has 0 aliphatic heterocycles. The van der Waals surface area contributed by atoms with Crippen molar-refractivity contribution in [1.29, 1.82) is 0 Å². The topological polar surface area (TPSA) is 67.8 Å². The van der Waals surface area contributed by atoms with Gasteiger partial charge in [-0.3, -0.25) is 9.78 Å². The van der Waals surface area contributed by atoms with Crippen LogP contribution >= 0.6 is 0 Å². The van der Waals surface area contributed by atoms with Crippen LogP contribution in [0.4, 0.5) is 0 Å². The van der Waals surface area contributed by atoms with Crippen LogP contribution in [-0.4, -0.2) is 20.9 Å². The highest BCUT2D eigenvalue weighted by atomic mass is 16.1. The Labute approximate surface area is 111 Å². The summed E-state index contributed by atoms with van der Waals surface area (Å²) in [5.74, 6) is -0.167. The molecule has 2 aromatic heterocycles. The smallest absolute Gasteiger partial charge is 0.244 e. The van der Waals surface area contributed by atoms with Gasteiger partial charge in [0.05, 0.1) is 12.2 Å². The van der Waals surface area contributed by atoms with Gasteiger partial charge in [0.15, 0.2) is 0 Å². The highest BCUT2D eigenvalue weighted by molar-refractivity contribution is 5.91. The SMILES string of the molecule is Cc1cc(CNC(=O)/C=C/c2cccnc2)ncn1. The fraction of sp³-hybridized carbons (Fsp3) is 0.143. The quantitative estimate of drug-likeness (QED) is 0.840. The normalized spacial score (nSPS) is 10.6. The highest BCUT2D eigenvalue weighted by Crippen LogP contribution is 1.99. The number of hydrogen-bond acceptors (Lipinski definition) is 4. The number of aryl methyl sites for hydroxylation is 1. The Balaban J connectivity index is 1.87. The lowest BCUT2D eigenvalue weighted by molar-refractivity contribution is -0.116. The Bertz CT molecular complexity index is 581. The van der Waals surface area contributed by atoms with E-state index >= 15 is 0 Å². The number of rotatable bonds is 4. The van der Waals surface area contributed by atoms with Crippen molar-refractivity contribution in [3.63, 3.8) is 0 Å².